The summed E-state index contributed by atoms with van der Waals surface area (Å²) in [5, 5.41) is 19.9. The normalized spacial score (nSPS) is 18.7. The van der Waals surface area contributed by atoms with Gasteiger partial charge in [0, 0.05) is 18.9 Å². The quantitative estimate of drug-likeness (QED) is 0.608. The standard InChI is InChI=1S/C10H17NO4/c12-6-5-8(10(14)15)11-9(13)7-3-1-2-4-7/h7-8,12H,1-6H2,(H,11,13)(H,14,15)/t8-/m1/s1. The number of aliphatic hydroxyl groups excluding tert-OH is 1. The van der Waals surface area contributed by atoms with Gasteiger partial charge in [-0.1, -0.05) is 12.8 Å². The fourth-order valence-corrected chi connectivity index (χ4v) is 1.86. The molecule has 0 unspecified atom stereocenters. The Balaban J connectivity index is 2.42. The van der Waals surface area contributed by atoms with Crippen molar-refractivity contribution in [3.63, 3.8) is 0 Å². The molecule has 0 saturated heterocycles. The third-order valence-corrected chi connectivity index (χ3v) is 2.76. The molecule has 1 aliphatic carbocycles. The van der Waals surface area contributed by atoms with E-state index in [4.69, 9.17) is 10.2 Å². The highest BCUT2D eigenvalue weighted by Gasteiger charge is 2.26. The van der Waals surface area contributed by atoms with E-state index >= 15 is 0 Å². The van der Waals surface area contributed by atoms with Gasteiger partial charge in [0.25, 0.3) is 0 Å². The fraction of sp³-hybridized carbons (Fsp3) is 0.800. The van der Waals surface area contributed by atoms with Crippen molar-refractivity contribution >= 4 is 11.9 Å². The summed E-state index contributed by atoms with van der Waals surface area (Å²) < 4.78 is 0. The Morgan fingerprint density at radius 2 is 1.93 bits per heavy atom. The van der Waals surface area contributed by atoms with Crippen molar-refractivity contribution in [3.05, 3.63) is 0 Å². The van der Waals surface area contributed by atoms with E-state index < -0.39 is 12.0 Å². The van der Waals surface area contributed by atoms with Gasteiger partial charge >= 0.3 is 5.97 Å². The lowest BCUT2D eigenvalue weighted by molar-refractivity contribution is -0.142. The second kappa shape index (κ2) is 5.70. The lowest BCUT2D eigenvalue weighted by atomic mass is 10.1. The minimum Gasteiger partial charge on any atom is -0.480 e. The lowest BCUT2D eigenvalue weighted by Gasteiger charge is -2.16. The minimum absolute atomic E-state index is 0.0365. The Morgan fingerprint density at radius 3 is 2.40 bits per heavy atom. The predicted octanol–water partition coefficient (Wildman–Crippen LogP) is 0.128. The SMILES string of the molecule is O=C(N[C@H](CCO)C(=O)O)C1CCCC1. The topological polar surface area (TPSA) is 86.6 Å². The molecule has 0 radical (unpaired) electrons. The second-order valence-electron chi connectivity index (χ2n) is 3.89. The monoisotopic (exact) mass is 215 g/mol. The van der Waals surface area contributed by atoms with Crippen LogP contribution in [0.25, 0.3) is 0 Å². The Labute approximate surface area is 88.5 Å². The van der Waals surface area contributed by atoms with Gasteiger partial charge in [0.1, 0.15) is 6.04 Å². The predicted molar refractivity (Wildman–Crippen MR) is 53.2 cm³/mol. The van der Waals surface area contributed by atoms with Crippen LogP contribution >= 0.6 is 0 Å². The van der Waals surface area contributed by atoms with Gasteiger partial charge in [-0.15, -0.1) is 0 Å². The molecule has 0 spiro atoms. The number of carbonyl (C=O) groups is 2. The van der Waals surface area contributed by atoms with E-state index in [2.05, 4.69) is 5.32 Å². The summed E-state index contributed by atoms with van der Waals surface area (Å²) in [5.74, 6) is -1.31. The molecule has 1 fully saturated rings. The largest absolute Gasteiger partial charge is 0.480 e. The molecular formula is C10H17NO4. The van der Waals surface area contributed by atoms with Gasteiger partial charge in [-0.05, 0) is 12.8 Å². The number of carbonyl (C=O) groups excluding carboxylic acids is 1. The molecule has 1 saturated carbocycles. The number of carboxylic acids is 1. The first kappa shape index (κ1) is 12.0. The molecule has 1 atom stereocenters. The van der Waals surface area contributed by atoms with Crippen LogP contribution in [0.3, 0.4) is 0 Å². The van der Waals surface area contributed by atoms with Crippen molar-refractivity contribution in [1.82, 2.24) is 5.32 Å². The van der Waals surface area contributed by atoms with E-state index in [1.54, 1.807) is 0 Å². The van der Waals surface area contributed by atoms with Gasteiger partial charge < -0.3 is 15.5 Å². The van der Waals surface area contributed by atoms with Crippen LogP contribution in [0.1, 0.15) is 32.1 Å². The molecule has 15 heavy (non-hydrogen) atoms. The molecule has 1 amide bonds. The first-order valence-corrected chi connectivity index (χ1v) is 5.29. The highest BCUT2D eigenvalue weighted by atomic mass is 16.4. The fourth-order valence-electron chi connectivity index (χ4n) is 1.86. The first-order chi connectivity index (χ1) is 7.15. The summed E-state index contributed by atoms with van der Waals surface area (Å²) >= 11 is 0. The molecule has 86 valence electrons. The van der Waals surface area contributed by atoms with Crippen LogP contribution in [0.15, 0.2) is 0 Å². The molecule has 0 aromatic rings. The average Bonchev–Trinajstić information content (AvgIpc) is 2.69. The lowest BCUT2D eigenvalue weighted by Crippen LogP contribution is -2.43. The summed E-state index contributed by atoms with van der Waals surface area (Å²) in [4.78, 5) is 22.3. The molecule has 5 nitrogen and oxygen atoms in total. The Kier molecular flexibility index (Phi) is 4.55. The van der Waals surface area contributed by atoms with Crippen molar-refractivity contribution < 1.29 is 19.8 Å². The molecule has 0 bridgehead atoms. The summed E-state index contributed by atoms with van der Waals surface area (Å²) in [6.45, 7) is -0.234. The maximum Gasteiger partial charge on any atom is 0.326 e. The van der Waals surface area contributed by atoms with E-state index in [9.17, 15) is 9.59 Å². The molecule has 0 heterocycles. The zero-order chi connectivity index (χ0) is 11.3. The van der Waals surface area contributed by atoms with Crippen molar-refractivity contribution in [2.24, 2.45) is 5.92 Å². The number of aliphatic carboxylic acids is 1. The number of carboxylic acid groups (broad SMARTS) is 1. The number of hydrogen-bond donors (Lipinski definition) is 3. The summed E-state index contributed by atoms with van der Waals surface area (Å²) in [7, 11) is 0. The van der Waals surface area contributed by atoms with Crippen molar-refractivity contribution in [3.8, 4) is 0 Å². The van der Waals surface area contributed by atoms with Crippen molar-refractivity contribution in [2.75, 3.05) is 6.61 Å². The Bertz CT molecular complexity index is 236. The summed E-state index contributed by atoms with van der Waals surface area (Å²) in [6.07, 6.45) is 3.83. The number of nitrogens with one attached hydrogen (secondary N) is 1. The minimum atomic E-state index is -1.09. The molecule has 3 N–H and O–H groups in total. The van der Waals surface area contributed by atoms with Crippen molar-refractivity contribution in [1.29, 1.82) is 0 Å². The van der Waals surface area contributed by atoms with Crippen LogP contribution in [-0.2, 0) is 9.59 Å². The zero-order valence-electron chi connectivity index (χ0n) is 8.61. The maximum atomic E-state index is 11.6. The number of amides is 1. The van der Waals surface area contributed by atoms with Gasteiger partial charge in [-0.2, -0.15) is 0 Å². The average molecular weight is 215 g/mol. The van der Waals surface area contributed by atoms with Crippen LogP contribution in [0.2, 0.25) is 0 Å². The number of aliphatic hydroxyl groups is 1. The first-order valence-electron chi connectivity index (χ1n) is 5.29. The van der Waals surface area contributed by atoms with Gasteiger partial charge in [-0.3, -0.25) is 4.79 Å². The van der Waals surface area contributed by atoms with Crippen LogP contribution in [0.4, 0.5) is 0 Å². The number of rotatable bonds is 5. The maximum absolute atomic E-state index is 11.6. The summed E-state index contributed by atoms with van der Waals surface area (Å²) in [6, 6.07) is -0.955. The van der Waals surface area contributed by atoms with E-state index in [1.807, 2.05) is 0 Å². The summed E-state index contributed by atoms with van der Waals surface area (Å²) in [5.41, 5.74) is 0. The molecule has 1 aliphatic rings. The van der Waals surface area contributed by atoms with Gasteiger partial charge in [0.15, 0.2) is 0 Å². The van der Waals surface area contributed by atoms with Crippen LogP contribution in [0.5, 0.6) is 0 Å². The number of hydrogen-bond acceptors (Lipinski definition) is 3. The highest BCUT2D eigenvalue weighted by Crippen LogP contribution is 2.24. The molecule has 0 aromatic heterocycles. The van der Waals surface area contributed by atoms with E-state index in [-0.39, 0.29) is 24.9 Å². The second-order valence-corrected chi connectivity index (χ2v) is 3.89. The van der Waals surface area contributed by atoms with E-state index in [1.165, 1.54) is 0 Å². The van der Waals surface area contributed by atoms with E-state index in [0.717, 1.165) is 25.7 Å². The van der Waals surface area contributed by atoms with Gasteiger partial charge in [-0.25, -0.2) is 4.79 Å². The third kappa shape index (κ3) is 3.51. The molecule has 1 rings (SSSR count). The van der Waals surface area contributed by atoms with Crippen LogP contribution in [0, 0.1) is 5.92 Å². The van der Waals surface area contributed by atoms with E-state index in [0.29, 0.717) is 0 Å². The van der Waals surface area contributed by atoms with Gasteiger partial charge in [0.05, 0.1) is 0 Å². The Morgan fingerprint density at radius 1 is 1.33 bits per heavy atom. The molecule has 5 heteroatoms. The zero-order valence-corrected chi connectivity index (χ0v) is 8.61. The smallest absolute Gasteiger partial charge is 0.326 e. The Hall–Kier alpha value is -1.10. The van der Waals surface area contributed by atoms with Crippen LogP contribution in [-0.4, -0.2) is 34.7 Å². The van der Waals surface area contributed by atoms with Gasteiger partial charge in [0.2, 0.25) is 5.91 Å². The van der Waals surface area contributed by atoms with Crippen LogP contribution < -0.4 is 5.32 Å². The van der Waals surface area contributed by atoms with Crippen molar-refractivity contribution in [2.45, 2.75) is 38.1 Å². The highest BCUT2D eigenvalue weighted by molar-refractivity contribution is 5.85. The molecule has 0 aromatic carbocycles. The third-order valence-electron chi connectivity index (χ3n) is 2.76. The molecular weight excluding hydrogens is 198 g/mol. The molecule has 0 aliphatic heterocycles.